The maximum absolute atomic E-state index is 13.0. The highest BCUT2D eigenvalue weighted by molar-refractivity contribution is 8.18. The van der Waals surface area contributed by atoms with E-state index in [0.717, 1.165) is 5.56 Å². The molecule has 1 aromatic carbocycles. The van der Waals surface area contributed by atoms with Gasteiger partial charge in [-0.15, -0.1) is 5.10 Å². The van der Waals surface area contributed by atoms with E-state index in [1.54, 1.807) is 49.0 Å². The van der Waals surface area contributed by atoms with Crippen LogP contribution in [0.15, 0.2) is 80.6 Å². The summed E-state index contributed by atoms with van der Waals surface area (Å²) in [4.78, 5) is 19.2. The molecule has 4 rings (SSSR count). The molecule has 1 aliphatic heterocycles. The number of furan rings is 1. The van der Waals surface area contributed by atoms with Gasteiger partial charge in [0.25, 0.3) is 5.91 Å². The van der Waals surface area contributed by atoms with E-state index in [0.29, 0.717) is 33.8 Å². The molecule has 3 heterocycles. The Kier molecular flexibility index (Phi) is 6.66. The second kappa shape index (κ2) is 9.97. The number of carbonyl (C=O) groups excluding carboxylic acids is 1. The number of benzene rings is 1. The molecule has 1 aliphatic rings. The lowest BCUT2D eigenvalue weighted by Crippen LogP contribution is -2.28. The van der Waals surface area contributed by atoms with Crippen molar-refractivity contribution in [3.8, 4) is 11.5 Å². The number of pyridine rings is 1. The molecule has 1 saturated heterocycles. The fourth-order valence-corrected chi connectivity index (χ4v) is 3.86. The predicted octanol–water partition coefficient (Wildman–Crippen LogP) is 4.29. The number of amides is 1. The third-order valence-corrected chi connectivity index (χ3v) is 5.40. The molecule has 2 aromatic heterocycles. The number of phenols is 1. The summed E-state index contributed by atoms with van der Waals surface area (Å²) in [6.45, 7) is 2.51. The quantitative estimate of drug-likeness (QED) is 0.329. The van der Waals surface area contributed by atoms with Crippen LogP contribution in [-0.4, -0.2) is 38.9 Å². The Hall–Kier alpha value is -3.85. The molecule has 0 aliphatic carbocycles. The van der Waals surface area contributed by atoms with Gasteiger partial charge in [0, 0.05) is 12.4 Å². The molecule has 0 bridgehead atoms. The van der Waals surface area contributed by atoms with E-state index in [9.17, 15) is 9.90 Å². The number of carbonyl (C=O) groups is 1. The molecular weight excluding hydrogens is 428 g/mol. The van der Waals surface area contributed by atoms with Crippen molar-refractivity contribution < 1.29 is 19.1 Å². The van der Waals surface area contributed by atoms with E-state index in [1.807, 2.05) is 19.1 Å². The number of aromatic nitrogens is 1. The molecule has 32 heavy (non-hydrogen) atoms. The number of hydrogen-bond donors (Lipinski definition) is 1. The molecule has 0 spiro atoms. The lowest BCUT2D eigenvalue weighted by Gasteiger charge is -2.12. The summed E-state index contributed by atoms with van der Waals surface area (Å²) in [7, 11) is 0. The van der Waals surface area contributed by atoms with Crippen molar-refractivity contribution in [1.29, 1.82) is 0 Å². The van der Waals surface area contributed by atoms with Gasteiger partial charge in [-0.3, -0.25) is 14.7 Å². The highest BCUT2D eigenvalue weighted by atomic mass is 32.2. The van der Waals surface area contributed by atoms with Crippen molar-refractivity contribution in [2.75, 3.05) is 6.61 Å². The molecule has 0 saturated carbocycles. The first-order chi connectivity index (χ1) is 15.6. The smallest absolute Gasteiger partial charge is 0.267 e. The van der Waals surface area contributed by atoms with Crippen molar-refractivity contribution in [2.45, 2.75) is 13.5 Å². The number of rotatable bonds is 7. The van der Waals surface area contributed by atoms with E-state index in [4.69, 9.17) is 9.15 Å². The van der Waals surface area contributed by atoms with Gasteiger partial charge in [-0.2, -0.15) is 5.10 Å². The van der Waals surface area contributed by atoms with Crippen LogP contribution >= 0.6 is 11.8 Å². The van der Waals surface area contributed by atoms with E-state index in [2.05, 4.69) is 15.2 Å². The minimum absolute atomic E-state index is 0.0575. The molecule has 0 atom stereocenters. The average molecular weight is 449 g/mol. The Morgan fingerprint density at radius 1 is 1.25 bits per heavy atom. The number of phenolic OH excluding ortho intramolecular Hbond substituents is 1. The first kappa shape index (κ1) is 21.4. The van der Waals surface area contributed by atoms with Gasteiger partial charge in [0.1, 0.15) is 5.76 Å². The monoisotopic (exact) mass is 448 g/mol. The van der Waals surface area contributed by atoms with Gasteiger partial charge in [0.15, 0.2) is 16.7 Å². The lowest BCUT2D eigenvalue weighted by atomic mass is 10.2. The Morgan fingerprint density at radius 3 is 2.91 bits per heavy atom. The molecule has 162 valence electrons. The lowest BCUT2D eigenvalue weighted by molar-refractivity contribution is -0.122. The van der Waals surface area contributed by atoms with Gasteiger partial charge >= 0.3 is 0 Å². The molecule has 1 N–H and O–H groups in total. The van der Waals surface area contributed by atoms with Gasteiger partial charge in [-0.25, -0.2) is 0 Å². The number of nitrogens with zero attached hydrogens (tertiary/aromatic N) is 4. The van der Waals surface area contributed by atoms with E-state index < -0.39 is 0 Å². The van der Waals surface area contributed by atoms with Crippen molar-refractivity contribution in [3.05, 3.63) is 82.9 Å². The van der Waals surface area contributed by atoms with Crippen molar-refractivity contribution in [2.24, 2.45) is 10.2 Å². The number of hydrogen-bond acceptors (Lipinski definition) is 8. The molecule has 3 aromatic rings. The fourth-order valence-electron chi connectivity index (χ4n) is 2.92. The highest BCUT2D eigenvalue weighted by Crippen LogP contribution is 2.34. The molecule has 1 amide bonds. The van der Waals surface area contributed by atoms with Crippen molar-refractivity contribution >= 4 is 35.1 Å². The summed E-state index contributed by atoms with van der Waals surface area (Å²) >= 11 is 1.23. The average Bonchev–Trinajstić information content (AvgIpc) is 3.41. The molecule has 0 unspecified atom stereocenters. The third kappa shape index (κ3) is 5.06. The fraction of sp³-hybridized carbons (Fsp3) is 0.130. The maximum Gasteiger partial charge on any atom is 0.267 e. The SMILES string of the molecule is CCOc1cc(/C=N/N=C2\S/C(=C\c3cccnc3)C(=O)N2Cc2ccco2)ccc1O. The minimum Gasteiger partial charge on any atom is -0.504 e. The number of aromatic hydroxyl groups is 1. The third-order valence-electron chi connectivity index (χ3n) is 4.40. The summed E-state index contributed by atoms with van der Waals surface area (Å²) in [6, 6.07) is 12.2. The van der Waals surface area contributed by atoms with Crippen LogP contribution in [0.2, 0.25) is 0 Å². The van der Waals surface area contributed by atoms with Crippen LogP contribution in [0.3, 0.4) is 0 Å². The largest absolute Gasteiger partial charge is 0.504 e. The summed E-state index contributed by atoms with van der Waals surface area (Å²) in [5.41, 5.74) is 1.52. The van der Waals surface area contributed by atoms with Crippen LogP contribution in [-0.2, 0) is 11.3 Å². The van der Waals surface area contributed by atoms with Crippen LogP contribution in [0.25, 0.3) is 6.08 Å². The Morgan fingerprint density at radius 2 is 2.16 bits per heavy atom. The Labute approximate surface area is 188 Å². The minimum atomic E-state index is -0.188. The molecule has 8 nitrogen and oxygen atoms in total. The van der Waals surface area contributed by atoms with E-state index in [1.165, 1.54) is 28.9 Å². The zero-order valence-corrected chi connectivity index (χ0v) is 18.0. The summed E-state index contributed by atoms with van der Waals surface area (Å²) in [6.07, 6.45) is 8.23. The topological polar surface area (TPSA) is 101 Å². The second-order valence-corrected chi connectivity index (χ2v) is 7.66. The van der Waals surface area contributed by atoms with Crippen LogP contribution in [0.5, 0.6) is 11.5 Å². The van der Waals surface area contributed by atoms with Gasteiger partial charge in [-0.05, 0) is 72.3 Å². The van der Waals surface area contributed by atoms with Gasteiger partial charge < -0.3 is 14.3 Å². The van der Waals surface area contributed by atoms with Gasteiger partial charge in [0.05, 0.1) is 30.5 Å². The summed E-state index contributed by atoms with van der Waals surface area (Å²) in [5.74, 6) is 0.878. The van der Waals surface area contributed by atoms with E-state index >= 15 is 0 Å². The molecule has 1 fully saturated rings. The van der Waals surface area contributed by atoms with Crippen molar-refractivity contribution in [3.63, 3.8) is 0 Å². The van der Waals surface area contributed by atoms with E-state index in [-0.39, 0.29) is 18.2 Å². The van der Waals surface area contributed by atoms with Crippen LogP contribution in [0.1, 0.15) is 23.8 Å². The summed E-state index contributed by atoms with van der Waals surface area (Å²) < 4.78 is 10.8. The standard InChI is InChI=1S/C23H20N4O4S/c1-2-30-20-11-17(7-8-19(20)28)14-25-26-23-27(15-18-6-4-10-31-18)22(29)21(32-23)12-16-5-3-9-24-13-16/h3-14,28H,2,15H2,1H3/b21-12-,25-14+,26-23-. The van der Waals surface area contributed by atoms with Gasteiger partial charge in [0.2, 0.25) is 0 Å². The van der Waals surface area contributed by atoms with Crippen LogP contribution in [0.4, 0.5) is 0 Å². The predicted molar refractivity (Wildman–Crippen MR) is 123 cm³/mol. The van der Waals surface area contributed by atoms with Crippen molar-refractivity contribution in [1.82, 2.24) is 9.88 Å². The van der Waals surface area contributed by atoms with Gasteiger partial charge in [-0.1, -0.05) is 6.07 Å². The molecule has 9 heteroatoms. The Bertz CT molecular complexity index is 1170. The van der Waals surface area contributed by atoms with Crippen LogP contribution < -0.4 is 4.74 Å². The van der Waals surface area contributed by atoms with Crippen LogP contribution in [0, 0.1) is 0 Å². The second-order valence-electron chi connectivity index (χ2n) is 6.65. The first-order valence-corrected chi connectivity index (χ1v) is 10.7. The zero-order valence-electron chi connectivity index (χ0n) is 17.2. The maximum atomic E-state index is 13.0. The Balaban J connectivity index is 1.60. The summed E-state index contributed by atoms with van der Waals surface area (Å²) in [5, 5.41) is 18.7. The zero-order chi connectivity index (χ0) is 22.3. The molecule has 0 radical (unpaired) electrons. The molecular formula is C23H20N4O4S. The normalized spacial score (nSPS) is 16.5. The highest BCUT2D eigenvalue weighted by Gasteiger charge is 2.34. The number of ether oxygens (including phenoxy) is 1. The number of thioether (sulfide) groups is 1. The first-order valence-electron chi connectivity index (χ1n) is 9.84. The number of amidine groups is 1.